The van der Waals surface area contributed by atoms with Crippen molar-refractivity contribution in [1.29, 1.82) is 0 Å². The first-order valence-corrected chi connectivity index (χ1v) is 7.01. The van der Waals surface area contributed by atoms with E-state index in [-0.39, 0.29) is 24.2 Å². The first kappa shape index (κ1) is 15.4. The van der Waals surface area contributed by atoms with E-state index in [9.17, 15) is 14.0 Å². The van der Waals surface area contributed by atoms with E-state index in [1.807, 2.05) is 0 Å². The highest BCUT2D eigenvalue weighted by atomic mass is 19.1. The van der Waals surface area contributed by atoms with Gasteiger partial charge in [0.2, 0.25) is 11.8 Å². The molecule has 1 aromatic carbocycles. The number of nitrogens with one attached hydrogen (secondary N) is 2. The minimum atomic E-state index is -0.458. The molecule has 1 fully saturated rings. The Kier molecular flexibility index (Phi) is 4.90. The van der Waals surface area contributed by atoms with E-state index in [0.717, 1.165) is 12.8 Å². The Bertz CT molecular complexity index is 514. The van der Waals surface area contributed by atoms with Gasteiger partial charge in [0.15, 0.2) is 0 Å². The number of carbonyl (C=O) groups excluding carboxylic acids is 2. The van der Waals surface area contributed by atoms with Gasteiger partial charge >= 0.3 is 0 Å². The van der Waals surface area contributed by atoms with E-state index in [2.05, 4.69) is 10.6 Å². The molecule has 2 rings (SSSR count). The molecule has 1 aliphatic rings. The van der Waals surface area contributed by atoms with Crippen LogP contribution in [0.5, 0.6) is 0 Å². The lowest BCUT2D eigenvalue weighted by atomic mass is 10.2. The summed E-state index contributed by atoms with van der Waals surface area (Å²) in [4.78, 5) is 25.5. The number of hydrogen-bond donors (Lipinski definition) is 2. The van der Waals surface area contributed by atoms with E-state index in [0.29, 0.717) is 11.7 Å². The summed E-state index contributed by atoms with van der Waals surface area (Å²) in [7, 11) is 1.72. The standard InChI is InChI=1S/C15H20FN3O2/c1-10(19(2)9-14(20)17-12-7-8-12)15(21)18-13-5-3-11(16)4-6-13/h3-6,10,12H,7-9H2,1-2H3,(H,17,20)(H,18,21)/t10-/m1/s1. The van der Waals surface area contributed by atoms with Gasteiger partial charge in [-0.3, -0.25) is 14.5 Å². The van der Waals surface area contributed by atoms with Gasteiger partial charge in [0.1, 0.15) is 5.82 Å². The Balaban J connectivity index is 1.82. The molecule has 1 aromatic rings. The molecule has 1 saturated carbocycles. The van der Waals surface area contributed by atoms with Crippen molar-refractivity contribution in [2.75, 3.05) is 18.9 Å². The van der Waals surface area contributed by atoms with Crippen molar-refractivity contribution in [1.82, 2.24) is 10.2 Å². The number of halogens is 1. The van der Waals surface area contributed by atoms with Crippen LogP contribution in [0.3, 0.4) is 0 Å². The fourth-order valence-electron chi connectivity index (χ4n) is 1.84. The predicted molar refractivity (Wildman–Crippen MR) is 78.3 cm³/mol. The van der Waals surface area contributed by atoms with Crippen molar-refractivity contribution in [2.24, 2.45) is 0 Å². The fourth-order valence-corrected chi connectivity index (χ4v) is 1.84. The van der Waals surface area contributed by atoms with Crippen molar-refractivity contribution in [3.05, 3.63) is 30.1 Å². The van der Waals surface area contributed by atoms with Crippen molar-refractivity contribution >= 4 is 17.5 Å². The van der Waals surface area contributed by atoms with Crippen LogP contribution in [-0.4, -0.2) is 42.4 Å². The molecular weight excluding hydrogens is 273 g/mol. The Morgan fingerprint density at radius 3 is 2.52 bits per heavy atom. The van der Waals surface area contributed by atoms with E-state index in [4.69, 9.17) is 0 Å². The Labute approximate surface area is 123 Å². The third kappa shape index (κ3) is 4.82. The third-order valence-corrected chi connectivity index (χ3v) is 3.49. The largest absolute Gasteiger partial charge is 0.352 e. The molecule has 0 aliphatic heterocycles. The van der Waals surface area contributed by atoms with Crippen LogP contribution in [0.4, 0.5) is 10.1 Å². The molecule has 0 spiro atoms. The quantitative estimate of drug-likeness (QED) is 0.832. The Morgan fingerprint density at radius 2 is 1.95 bits per heavy atom. The summed E-state index contributed by atoms with van der Waals surface area (Å²) in [5.41, 5.74) is 0.532. The second kappa shape index (κ2) is 6.67. The smallest absolute Gasteiger partial charge is 0.241 e. The highest BCUT2D eigenvalue weighted by Crippen LogP contribution is 2.18. The molecule has 0 saturated heterocycles. The first-order chi connectivity index (χ1) is 9.95. The topological polar surface area (TPSA) is 61.4 Å². The molecule has 0 bridgehead atoms. The maximum Gasteiger partial charge on any atom is 0.241 e. The average molecular weight is 293 g/mol. The second-order valence-electron chi connectivity index (χ2n) is 5.43. The van der Waals surface area contributed by atoms with Gasteiger partial charge in [-0.05, 0) is 51.1 Å². The number of benzene rings is 1. The highest BCUT2D eigenvalue weighted by molar-refractivity contribution is 5.94. The SMILES string of the molecule is C[C@H](C(=O)Nc1ccc(F)cc1)N(C)CC(=O)NC1CC1. The van der Waals surface area contributed by atoms with Crippen LogP contribution < -0.4 is 10.6 Å². The summed E-state index contributed by atoms with van der Waals surface area (Å²) < 4.78 is 12.8. The minimum Gasteiger partial charge on any atom is -0.352 e. The van der Waals surface area contributed by atoms with E-state index in [1.165, 1.54) is 24.3 Å². The minimum absolute atomic E-state index is 0.0681. The van der Waals surface area contributed by atoms with Crippen molar-refractivity contribution in [3.8, 4) is 0 Å². The molecule has 1 atom stereocenters. The highest BCUT2D eigenvalue weighted by Gasteiger charge is 2.25. The summed E-state index contributed by atoms with van der Waals surface area (Å²) in [6, 6.07) is 5.42. The number of rotatable bonds is 6. The second-order valence-corrected chi connectivity index (χ2v) is 5.43. The van der Waals surface area contributed by atoms with Gasteiger partial charge in [0.05, 0.1) is 12.6 Å². The maximum atomic E-state index is 12.8. The van der Waals surface area contributed by atoms with Crippen molar-refractivity contribution < 1.29 is 14.0 Å². The van der Waals surface area contributed by atoms with E-state index >= 15 is 0 Å². The summed E-state index contributed by atoms with van der Waals surface area (Å²) >= 11 is 0. The van der Waals surface area contributed by atoms with Crippen LogP contribution in [0.25, 0.3) is 0 Å². The van der Waals surface area contributed by atoms with Crippen LogP contribution >= 0.6 is 0 Å². The molecule has 0 heterocycles. The molecule has 6 heteroatoms. The number of nitrogens with zero attached hydrogens (tertiary/aromatic N) is 1. The summed E-state index contributed by atoms with van der Waals surface area (Å²) in [5, 5.41) is 5.58. The van der Waals surface area contributed by atoms with Crippen LogP contribution in [0.2, 0.25) is 0 Å². The molecule has 5 nitrogen and oxygen atoms in total. The van der Waals surface area contributed by atoms with Crippen LogP contribution in [0, 0.1) is 5.82 Å². The average Bonchev–Trinajstić information content (AvgIpc) is 3.24. The van der Waals surface area contributed by atoms with Gasteiger partial charge in [-0.25, -0.2) is 4.39 Å². The van der Waals surface area contributed by atoms with Crippen LogP contribution in [0.1, 0.15) is 19.8 Å². The summed E-state index contributed by atoms with van der Waals surface area (Å²) in [5.74, 6) is -0.653. The summed E-state index contributed by atoms with van der Waals surface area (Å²) in [6.45, 7) is 1.90. The fraction of sp³-hybridized carbons (Fsp3) is 0.467. The Hall–Kier alpha value is -1.95. The zero-order chi connectivity index (χ0) is 15.4. The molecular formula is C15H20FN3O2. The zero-order valence-corrected chi connectivity index (χ0v) is 12.2. The lowest BCUT2D eigenvalue weighted by Gasteiger charge is -2.23. The maximum absolute atomic E-state index is 12.8. The van der Waals surface area contributed by atoms with Crippen molar-refractivity contribution in [2.45, 2.75) is 31.8 Å². The van der Waals surface area contributed by atoms with Gasteiger partial charge in [-0.15, -0.1) is 0 Å². The van der Waals surface area contributed by atoms with E-state index < -0.39 is 6.04 Å². The summed E-state index contributed by atoms with van der Waals surface area (Å²) in [6.07, 6.45) is 2.08. The number of amides is 2. The molecule has 0 aromatic heterocycles. The monoisotopic (exact) mass is 293 g/mol. The van der Waals surface area contributed by atoms with Crippen LogP contribution in [-0.2, 0) is 9.59 Å². The molecule has 0 radical (unpaired) electrons. The lowest BCUT2D eigenvalue weighted by Crippen LogP contribution is -2.45. The zero-order valence-electron chi connectivity index (χ0n) is 12.2. The van der Waals surface area contributed by atoms with Gasteiger partial charge in [-0.1, -0.05) is 0 Å². The molecule has 21 heavy (non-hydrogen) atoms. The molecule has 114 valence electrons. The number of carbonyl (C=O) groups is 2. The van der Waals surface area contributed by atoms with Gasteiger partial charge in [0.25, 0.3) is 0 Å². The predicted octanol–water partition coefficient (Wildman–Crippen LogP) is 1.36. The van der Waals surface area contributed by atoms with Gasteiger partial charge in [-0.2, -0.15) is 0 Å². The van der Waals surface area contributed by atoms with Gasteiger partial charge in [0, 0.05) is 11.7 Å². The Morgan fingerprint density at radius 1 is 1.33 bits per heavy atom. The van der Waals surface area contributed by atoms with Crippen LogP contribution in [0.15, 0.2) is 24.3 Å². The third-order valence-electron chi connectivity index (χ3n) is 3.49. The normalized spacial score (nSPS) is 15.6. The molecule has 1 aliphatic carbocycles. The number of likely N-dealkylation sites (N-methyl/N-ethyl adjacent to an activating group) is 1. The number of anilines is 1. The number of hydrogen-bond acceptors (Lipinski definition) is 3. The van der Waals surface area contributed by atoms with Gasteiger partial charge < -0.3 is 10.6 Å². The van der Waals surface area contributed by atoms with E-state index in [1.54, 1.807) is 18.9 Å². The van der Waals surface area contributed by atoms with Crippen molar-refractivity contribution in [3.63, 3.8) is 0 Å². The molecule has 2 N–H and O–H groups in total. The first-order valence-electron chi connectivity index (χ1n) is 7.01. The lowest BCUT2D eigenvalue weighted by molar-refractivity contribution is -0.124. The molecule has 0 unspecified atom stereocenters. The molecule has 2 amide bonds.